The van der Waals surface area contributed by atoms with Gasteiger partial charge < -0.3 is 54.7 Å². The Morgan fingerprint density at radius 3 is 2.25 bits per heavy atom. The fourth-order valence-electron chi connectivity index (χ4n) is 13.2. The van der Waals surface area contributed by atoms with Gasteiger partial charge >= 0.3 is 0 Å². The van der Waals surface area contributed by atoms with Crippen molar-refractivity contribution in [2.24, 2.45) is 46.3 Å². The topological polar surface area (TPSA) is 182 Å². The van der Waals surface area contributed by atoms with E-state index in [1.807, 2.05) is 0 Å². The van der Waals surface area contributed by atoms with E-state index in [0.717, 1.165) is 61.4 Å². The molecular formula is C39H63NO11. The van der Waals surface area contributed by atoms with E-state index < -0.39 is 68.0 Å². The van der Waals surface area contributed by atoms with E-state index in [1.165, 1.54) is 44.2 Å². The number of fused-ring (bicyclic) bond motifs is 9. The number of piperidine rings is 1. The number of ether oxygens (including phenoxy) is 4. The molecule has 290 valence electrons. The third-order valence-electron chi connectivity index (χ3n) is 15.9. The van der Waals surface area contributed by atoms with Crippen molar-refractivity contribution in [3.8, 4) is 0 Å². The lowest BCUT2D eigenvalue weighted by Crippen LogP contribution is -2.62. The SMILES string of the molecule is CC1CCC2C(C)C3C(CC4C5CC=C6CC(OC7OC(COC8OC(CO)C(O)C(O)C8O)C(O)C(O)C7O)CCC6(C)C5CCC43C)N2C1. The monoisotopic (exact) mass is 721 g/mol. The molecule has 0 radical (unpaired) electrons. The molecule has 51 heavy (non-hydrogen) atoms. The van der Waals surface area contributed by atoms with Gasteiger partial charge in [-0.2, -0.15) is 0 Å². The van der Waals surface area contributed by atoms with Crippen LogP contribution in [0.1, 0.15) is 85.5 Å². The van der Waals surface area contributed by atoms with Gasteiger partial charge in [0, 0.05) is 18.6 Å². The van der Waals surface area contributed by atoms with Crippen molar-refractivity contribution in [2.45, 2.75) is 165 Å². The molecular weight excluding hydrogens is 658 g/mol. The molecule has 0 amide bonds. The lowest BCUT2D eigenvalue weighted by molar-refractivity contribution is -0.336. The molecule has 0 aromatic carbocycles. The van der Waals surface area contributed by atoms with Crippen molar-refractivity contribution in [3.05, 3.63) is 11.6 Å². The highest BCUT2D eigenvalue weighted by atomic mass is 16.7. The van der Waals surface area contributed by atoms with E-state index in [-0.39, 0.29) is 18.1 Å². The Labute approximate surface area is 302 Å². The fraction of sp³-hybridized carbons (Fsp3) is 0.949. The Hall–Kier alpha value is -0.740. The minimum absolute atomic E-state index is 0.110. The van der Waals surface area contributed by atoms with Crippen LogP contribution in [0, 0.1) is 46.3 Å². The highest BCUT2D eigenvalue weighted by Gasteiger charge is 2.66. The summed E-state index contributed by atoms with van der Waals surface area (Å²) in [7, 11) is 0. The second-order valence-corrected chi connectivity index (χ2v) is 18.5. The van der Waals surface area contributed by atoms with Crippen LogP contribution in [0.15, 0.2) is 11.6 Å². The summed E-state index contributed by atoms with van der Waals surface area (Å²) in [6.45, 7) is 10.4. The lowest BCUT2D eigenvalue weighted by Gasteiger charge is -2.58. The van der Waals surface area contributed by atoms with Crippen LogP contribution in [0.25, 0.3) is 0 Å². The van der Waals surface area contributed by atoms with Crippen molar-refractivity contribution in [1.29, 1.82) is 0 Å². The maximum absolute atomic E-state index is 10.9. The Morgan fingerprint density at radius 1 is 0.804 bits per heavy atom. The molecule has 21 atom stereocenters. The Balaban J connectivity index is 0.917. The zero-order valence-corrected chi connectivity index (χ0v) is 30.7. The number of aliphatic hydroxyl groups excluding tert-OH is 7. The smallest absolute Gasteiger partial charge is 0.186 e. The van der Waals surface area contributed by atoms with Crippen LogP contribution in [0.5, 0.6) is 0 Å². The molecule has 8 rings (SSSR count). The number of nitrogens with zero attached hydrogens (tertiary/aromatic N) is 1. The van der Waals surface area contributed by atoms with Gasteiger partial charge in [-0.1, -0.05) is 39.3 Å². The molecule has 0 aromatic heterocycles. The molecule has 7 N–H and O–H groups in total. The molecule has 12 heteroatoms. The first-order valence-corrected chi connectivity index (χ1v) is 20.0. The highest BCUT2D eigenvalue weighted by molar-refractivity contribution is 5.27. The Bertz CT molecular complexity index is 1300. The minimum Gasteiger partial charge on any atom is -0.394 e. The van der Waals surface area contributed by atoms with Crippen LogP contribution in [0.2, 0.25) is 0 Å². The predicted molar refractivity (Wildman–Crippen MR) is 184 cm³/mol. The molecule has 7 fully saturated rings. The van der Waals surface area contributed by atoms with Gasteiger partial charge in [0.05, 0.1) is 19.3 Å². The largest absolute Gasteiger partial charge is 0.394 e. The molecule has 4 aliphatic heterocycles. The van der Waals surface area contributed by atoms with Crippen LogP contribution in [0.4, 0.5) is 0 Å². The zero-order valence-electron chi connectivity index (χ0n) is 30.7. The van der Waals surface area contributed by atoms with E-state index in [4.69, 9.17) is 18.9 Å². The van der Waals surface area contributed by atoms with E-state index in [1.54, 1.807) is 0 Å². The van der Waals surface area contributed by atoms with Gasteiger partial charge in [0.15, 0.2) is 12.6 Å². The molecule has 0 aromatic rings. The standard InChI is InChI=1S/C39H63NO11/c1-18-5-8-25-19(2)29-26(40(25)15-18)14-24-22-7-6-20-13-21(9-11-38(20,3)23(22)10-12-39(24,29)4)49-37-35(47)33(45)31(43)28(51-37)17-48-36-34(46)32(44)30(42)27(16-41)50-36/h6,18-19,21-37,41-47H,5,7-17H2,1-4H3. The molecule has 0 bridgehead atoms. The second kappa shape index (κ2) is 13.8. The fourth-order valence-corrected chi connectivity index (χ4v) is 13.2. The third kappa shape index (κ3) is 5.93. The van der Waals surface area contributed by atoms with Gasteiger partial charge in [0.25, 0.3) is 0 Å². The summed E-state index contributed by atoms with van der Waals surface area (Å²) in [5.41, 5.74) is 1.96. The number of allylic oxidation sites excluding steroid dienone is 1. The molecule has 3 saturated carbocycles. The summed E-state index contributed by atoms with van der Waals surface area (Å²) >= 11 is 0. The highest BCUT2D eigenvalue weighted by Crippen LogP contribution is 2.70. The van der Waals surface area contributed by atoms with Crippen molar-refractivity contribution in [2.75, 3.05) is 19.8 Å². The van der Waals surface area contributed by atoms with Crippen LogP contribution in [-0.4, -0.2) is 140 Å². The zero-order chi connectivity index (χ0) is 36.1. The quantitative estimate of drug-likeness (QED) is 0.196. The summed E-state index contributed by atoms with van der Waals surface area (Å²) in [5.74, 6) is 4.51. The second-order valence-electron chi connectivity index (χ2n) is 18.5. The van der Waals surface area contributed by atoms with Crippen LogP contribution >= 0.6 is 0 Å². The number of hydrogen-bond acceptors (Lipinski definition) is 12. The average Bonchev–Trinajstić information content (AvgIpc) is 3.58. The van der Waals surface area contributed by atoms with Crippen molar-refractivity contribution < 1.29 is 54.7 Å². The average molecular weight is 722 g/mol. The lowest BCUT2D eigenvalue weighted by atomic mass is 9.47. The maximum Gasteiger partial charge on any atom is 0.186 e. The predicted octanol–water partition coefficient (Wildman–Crippen LogP) is 1.30. The summed E-state index contributed by atoms with van der Waals surface area (Å²) in [6, 6.07) is 1.52. The summed E-state index contributed by atoms with van der Waals surface area (Å²) in [4.78, 5) is 2.96. The van der Waals surface area contributed by atoms with Crippen molar-refractivity contribution >= 4 is 0 Å². The van der Waals surface area contributed by atoms with E-state index in [9.17, 15) is 35.7 Å². The van der Waals surface area contributed by atoms with Gasteiger partial charge in [-0.05, 0) is 104 Å². The molecule has 4 saturated heterocycles. The summed E-state index contributed by atoms with van der Waals surface area (Å²) in [6.07, 6.45) is -1.65. The summed E-state index contributed by atoms with van der Waals surface area (Å²) in [5, 5.41) is 72.4. The van der Waals surface area contributed by atoms with Crippen LogP contribution in [-0.2, 0) is 18.9 Å². The van der Waals surface area contributed by atoms with Gasteiger partial charge in [-0.3, -0.25) is 4.90 Å². The van der Waals surface area contributed by atoms with E-state index >= 15 is 0 Å². The molecule has 12 nitrogen and oxygen atoms in total. The van der Waals surface area contributed by atoms with Crippen LogP contribution < -0.4 is 0 Å². The van der Waals surface area contributed by atoms with Gasteiger partial charge in [-0.15, -0.1) is 0 Å². The first-order valence-electron chi connectivity index (χ1n) is 20.0. The van der Waals surface area contributed by atoms with Crippen LogP contribution in [0.3, 0.4) is 0 Å². The number of aliphatic hydroxyl groups is 7. The number of hydrogen-bond donors (Lipinski definition) is 7. The Morgan fingerprint density at radius 2 is 1.51 bits per heavy atom. The Kier molecular flexibility index (Phi) is 10.0. The van der Waals surface area contributed by atoms with Crippen molar-refractivity contribution in [3.63, 3.8) is 0 Å². The molecule has 0 spiro atoms. The first kappa shape index (κ1) is 37.2. The van der Waals surface area contributed by atoms with Gasteiger partial charge in [0.1, 0.15) is 48.8 Å². The molecule has 4 aliphatic carbocycles. The van der Waals surface area contributed by atoms with Gasteiger partial charge in [0.2, 0.25) is 0 Å². The van der Waals surface area contributed by atoms with E-state index in [2.05, 4.69) is 38.7 Å². The molecule has 8 aliphatic rings. The van der Waals surface area contributed by atoms with E-state index in [0.29, 0.717) is 17.3 Å². The number of rotatable bonds is 6. The maximum atomic E-state index is 10.9. The third-order valence-corrected chi connectivity index (χ3v) is 15.9. The first-order chi connectivity index (χ1) is 24.3. The van der Waals surface area contributed by atoms with Gasteiger partial charge in [-0.25, -0.2) is 0 Å². The minimum atomic E-state index is -1.62. The van der Waals surface area contributed by atoms with Crippen molar-refractivity contribution in [1.82, 2.24) is 4.90 Å². The molecule has 4 heterocycles. The molecule has 21 unspecified atom stereocenters. The summed E-state index contributed by atoms with van der Waals surface area (Å²) < 4.78 is 23.4. The normalized spacial score (nSPS) is 57.1.